The molecule has 17 heavy (non-hydrogen) atoms. The van der Waals surface area contributed by atoms with E-state index in [4.69, 9.17) is 5.11 Å². The molecule has 0 aromatic carbocycles. The summed E-state index contributed by atoms with van der Waals surface area (Å²) in [5.41, 5.74) is 0. The van der Waals surface area contributed by atoms with Crippen molar-refractivity contribution in [1.29, 1.82) is 0 Å². The summed E-state index contributed by atoms with van der Waals surface area (Å²) >= 11 is 0. The predicted molar refractivity (Wildman–Crippen MR) is 63.9 cm³/mol. The van der Waals surface area contributed by atoms with E-state index in [0.717, 1.165) is 13.1 Å². The van der Waals surface area contributed by atoms with Crippen LogP contribution in [0.2, 0.25) is 0 Å². The summed E-state index contributed by atoms with van der Waals surface area (Å²) in [5, 5.41) is 11.2. The third kappa shape index (κ3) is 3.59. The van der Waals surface area contributed by atoms with Gasteiger partial charge in [-0.2, -0.15) is 0 Å². The van der Waals surface area contributed by atoms with Crippen LogP contribution in [0.3, 0.4) is 0 Å². The third-order valence-corrected chi connectivity index (χ3v) is 3.17. The van der Waals surface area contributed by atoms with Crippen molar-refractivity contribution in [2.45, 2.75) is 32.9 Å². The topological polar surface area (TPSA) is 72.9 Å². The predicted octanol–water partition coefficient (Wildman–Crippen LogP) is 0.195. The van der Waals surface area contributed by atoms with Gasteiger partial charge in [0.05, 0.1) is 0 Å². The molecule has 6 heteroatoms. The van der Waals surface area contributed by atoms with Gasteiger partial charge in [-0.25, -0.2) is 4.79 Å². The van der Waals surface area contributed by atoms with Crippen molar-refractivity contribution in [3.05, 3.63) is 0 Å². The number of piperazine rings is 1. The first-order valence-corrected chi connectivity index (χ1v) is 5.98. The van der Waals surface area contributed by atoms with E-state index < -0.39 is 12.0 Å². The largest absolute Gasteiger partial charge is 0.480 e. The summed E-state index contributed by atoms with van der Waals surface area (Å²) in [6.45, 7) is 8.74. The number of carboxylic acids is 1. The van der Waals surface area contributed by atoms with Crippen molar-refractivity contribution >= 4 is 12.0 Å². The molecular weight excluding hydrogens is 222 g/mol. The van der Waals surface area contributed by atoms with Gasteiger partial charge in [0.1, 0.15) is 6.04 Å². The Morgan fingerprint density at radius 2 is 2.12 bits per heavy atom. The Hall–Kier alpha value is -1.30. The molecule has 0 spiro atoms. The third-order valence-electron chi connectivity index (χ3n) is 3.17. The molecule has 0 bridgehead atoms. The standard InChI is InChI=1S/C11H21N3O3/c1-4-13-5-6-14(7-8(13)2)11(17)12-9(3)10(15)16/h8-9H,4-7H2,1-3H3,(H,12,17)(H,15,16)/t8?,9-/m0/s1. The van der Waals surface area contributed by atoms with Gasteiger partial charge >= 0.3 is 12.0 Å². The monoisotopic (exact) mass is 243 g/mol. The maximum Gasteiger partial charge on any atom is 0.325 e. The van der Waals surface area contributed by atoms with Crippen LogP contribution in [0.5, 0.6) is 0 Å². The van der Waals surface area contributed by atoms with Gasteiger partial charge < -0.3 is 15.3 Å². The maximum absolute atomic E-state index is 11.8. The zero-order valence-corrected chi connectivity index (χ0v) is 10.6. The van der Waals surface area contributed by atoms with Gasteiger partial charge in [-0.1, -0.05) is 6.92 Å². The number of carbonyl (C=O) groups excluding carboxylic acids is 1. The lowest BCUT2D eigenvalue weighted by Crippen LogP contribution is -2.57. The average Bonchev–Trinajstić information content (AvgIpc) is 2.28. The van der Waals surface area contributed by atoms with E-state index in [2.05, 4.69) is 24.1 Å². The molecular formula is C11H21N3O3. The van der Waals surface area contributed by atoms with Crippen LogP contribution in [-0.2, 0) is 4.79 Å². The average molecular weight is 243 g/mol. The van der Waals surface area contributed by atoms with Gasteiger partial charge in [0, 0.05) is 25.7 Å². The molecule has 0 aliphatic carbocycles. The highest BCUT2D eigenvalue weighted by molar-refractivity contribution is 5.82. The first kappa shape index (κ1) is 13.8. The minimum absolute atomic E-state index is 0.289. The first-order chi connectivity index (χ1) is 7.95. The normalized spacial score (nSPS) is 23.2. The SMILES string of the molecule is CCN1CCN(C(=O)N[C@@H](C)C(=O)O)CC1C. The number of hydrogen-bond donors (Lipinski definition) is 2. The minimum atomic E-state index is -1.02. The van der Waals surface area contributed by atoms with Crippen LogP contribution in [0, 0.1) is 0 Å². The lowest BCUT2D eigenvalue weighted by molar-refractivity contribution is -0.138. The van der Waals surface area contributed by atoms with E-state index in [1.165, 1.54) is 6.92 Å². The Morgan fingerprint density at radius 3 is 2.59 bits per heavy atom. The Bertz CT molecular complexity index is 296. The fourth-order valence-corrected chi connectivity index (χ4v) is 1.99. The second kappa shape index (κ2) is 5.86. The second-order valence-corrected chi connectivity index (χ2v) is 4.43. The van der Waals surface area contributed by atoms with Crippen LogP contribution in [0.1, 0.15) is 20.8 Å². The molecule has 1 fully saturated rings. The van der Waals surface area contributed by atoms with Gasteiger partial charge in [0.2, 0.25) is 0 Å². The molecule has 1 rings (SSSR count). The summed E-state index contributed by atoms with van der Waals surface area (Å²) in [6, 6.07) is -0.816. The summed E-state index contributed by atoms with van der Waals surface area (Å²) in [4.78, 5) is 26.4. The number of hydrogen-bond acceptors (Lipinski definition) is 3. The molecule has 2 atom stereocenters. The summed E-state index contributed by atoms with van der Waals surface area (Å²) in [6.07, 6.45) is 0. The molecule has 0 aromatic rings. The number of aliphatic carboxylic acids is 1. The van der Waals surface area contributed by atoms with Gasteiger partial charge in [-0.3, -0.25) is 9.69 Å². The number of urea groups is 1. The maximum atomic E-state index is 11.8. The van der Waals surface area contributed by atoms with Crippen LogP contribution in [0.4, 0.5) is 4.79 Å². The van der Waals surface area contributed by atoms with Crippen molar-refractivity contribution in [2.24, 2.45) is 0 Å². The highest BCUT2D eigenvalue weighted by Gasteiger charge is 2.27. The molecule has 98 valence electrons. The quantitative estimate of drug-likeness (QED) is 0.742. The number of nitrogens with one attached hydrogen (secondary N) is 1. The van der Waals surface area contributed by atoms with Crippen molar-refractivity contribution in [2.75, 3.05) is 26.2 Å². The van der Waals surface area contributed by atoms with Crippen LogP contribution < -0.4 is 5.32 Å². The fourth-order valence-electron chi connectivity index (χ4n) is 1.99. The van der Waals surface area contributed by atoms with Gasteiger partial charge in [-0.15, -0.1) is 0 Å². The van der Waals surface area contributed by atoms with Crippen molar-refractivity contribution in [3.8, 4) is 0 Å². The number of carboxylic acid groups (broad SMARTS) is 1. The van der Waals surface area contributed by atoms with E-state index in [-0.39, 0.29) is 6.03 Å². The second-order valence-electron chi connectivity index (χ2n) is 4.43. The molecule has 1 aliphatic rings. The highest BCUT2D eigenvalue weighted by Crippen LogP contribution is 2.08. The molecule has 1 heterocycles. The number of likely N-dealkylation sites (N-methyl/N-ethyl adjacent to an activating group) is 1. The summed E-state index contributed by atoms with van der Waals surface area (Å²) in [5.74, 6) is -1.02. The van der Waals surface area contributed by atoms with Crippen LogP contribution in [0.15, 0.2) is 0 Å². The summed E-state index contributed by atoms with van der Waals surface area (Å²) in [7, 11) is 0. The van der Waals surface area contributed by atoms with Crippen LogP contribution in [-0.4, -0.2) is 65.2 Å². The van der Waals surface area contributed by atoms with Crippen molar-refractivity contribution < 1.29 is 14.7 Å². The van der Waals surface area contributed by atoms with Gasteiger partial charge in [-0.05, 0) is 20.4 Å². The molecule has 1 unspecified atom stereocenters. The molecule has 6 nitrogen and oxygen atoms in total. The molecule has 0 aromatic heterocycles. The zero-order chi connectivity index (χ0) is 13.0. The first-order valence-electron chi connectivity index (χ1n) is 5.98. The van der Waals surface area contributed by atoms with Crippen molar-refractivity contribution in [1.82, 2.24) is 15.1 Å². The molecule has 1 saturated heterocycles. The minimum Gasteiger partial charge on any atom is -0.480 e. The zero-order valence-electron chi connectivity index (χ0n) is 10.6. The number of amides is 2. The molecule has 0 radical (unpaired) electrons. The van der Waals surface area contributed by atoms with Crippen molar-refractivity contribution in [3.63, 3.8) is 0 Å². The molecule has 2 N–H and O–H groups in total. The summed E-state index contributed by atoms with van der Waals surface area (Å²) < 4.78 is 0. The molecule has 0 saturated carbocycles. The number of rotatable bonds is 3. The van der Waals surface area contributed by atoms with Gasteiger partial charge in [0.25, 0.3) is 0 Å². The van der Waals surface area contributed by atoms with E-state index in [9.17, 15) is 9.59 Å². The smallest absolute Gasteiger partial charge is 0.325 e. The molecule has 2 amide bonds. The van der Waals surface area contributed by atoms with Gasteiger partial charge in [0.15, 0.2) is 0 Å². The van der Waals surface area contributed by atoms with Crippen LogP contribution in [0.25, 0.3) is 0 Å². The number of carbonyl (C=O) groups is 2. The van der Waals surface area contributed by atoms with E-state index in [1.54, 1.807) is 4.90 Å². The lowest BCUT2D eigenvalue weighted by atomic mass is 10.2. The Labute approximate surface area is 102 Å². The Kier molecular flexibility index (Phi) is 4.74. The fraction of sp³-hybridized carbons (Fsp3) is 0.818. The Morgan fingerprint density at radius 1 is 1.47 bits per heavy atom. The Balaban J connectivity index is 2.47. The van der Waals surface area contributed by atoms with E-state index in [0.29, 0.717) is 19.1 Å². The van der Waals surface area contributed by atoms with E-state index >= 15 is 0 Å². The molecule has 1 aliphatic heterocycles. The van der Waals surface area contributed by atoms with Crippen LogP contribution >= 0.6 is 0 Å². The number of nitrogens with zero attached hydrogens (tertiary/aromatic N) is 2. The highest BCUT2D eigenvalue weighted by atomic mass is 16.4. The lowest BCUT2D eigenvalue weighted by Gasteiger charge is -2.39. The van der Waals surface area contributed by atoms with E-state index in [1.807, 2.05) is 0 Å².